The van der Waals surface area contributed by atoms with E-state index in [1.807, 2.05) is 42.5 Å². The molecule has 2 aromatic carbocycles. The Bertz CT molecular complexity index is 708. The molecule has 3 rings (SSSR count). The van der Waals surface area contributed by atoms with E-state index in [4.69, 9.17) is 11.6 Å². The molecule has 1 unspecified atom stereocenters. The van der Waals surface area contributed by atoms with Crippen LogP contribution in [0.15, 0.2) is 54.6 Å². The number of hydrogen-bond donors (Lipinski definition) is 2. The maximum Gasteiger partial charge on any atom is 0.223 e. The van der Waals surface area contributed by atoms with Gasteiger partial charge in [-0.05, 0) is 49.9 Å². The second-order valence-corrected chi connectivity index (χ2v) is 7.25. The van der Waals surface area contributed by atoms with E-state index >= 15 is 0 Å². The van der Waals surface area contributed by atoms with Crippen LogP contribution in [0, 0.1) is 5.92 Å². The summed E-state index contributed by atoms with van der Waals surface area (Å²) in [5.74, 6) is 0.225. The molecule has 5 heteroatoms. The Kier molecular flexibility index (Phi) is 7.95. The Hall–Kier alpha value is -1.55. The first-order valence-electron chi connectivity index (χ1n) is 8.95. The predicted molar refractivity (Wildman–Crippen MR) is 110 cm³/mol. The largest absolute Gasteiger partial charge is 0.349 e. The quantitative estimate of drug-likeness (QED) is 0.783. The topological polar surface area (TPSA) is 41.1 Å². The van der Waals surface area contributed by atoms with E-state index in [0.29, 0.717) is 12.5 Å². The van der Waals surface area contributed by atoms with Gasteiger partial charge in [0, 0.05) is 17.0 Å². The number of benzene rings is 2. The molecule has 26 heavy (non-hydrogen) atoms. The Labute approximate surface area is 166 Å². The summed E-state index contributed by atoms with van der Waals surface area (Å²) in [6.45, 7) is 3.04. The zero-order valence-electron chi connectivity index (χ0n) is 15.0. The third-order valence-corrected chi connectivity index (χ3v) is 5.26. The molecule has 0 aromatic heterocycles. The lowest BCUT2D eigenvalue weighted by atomic mass is 9.91. The summed E-state index contributed by atoms with van der Waals surface area (Å²) in [7, 11) is 0. The van der Waals surface area contributed by atoms with Crippen molar-refractivity contribution in [1.82, 2.24) is 10.6 Å². The first kappa shape index (κ1) is 20.8. The third kappa shape index (κ3) is 5.47. The highest BCUT2D eigenvalue weighted by molar-refractivity contribution is 6.31. The normalized spacial score (nSPS) is 20.7. The Morgan fingerprint density at radius 3 is 2.58 bits per heavy atom. The lowest BCUT2D eigenvalue weighted by molar-refractivity contribution is -0.126. The van der Waals surface area contributed by atoms with Crippen molar-refractivity contribution in [2.75, 3.05) is 6.54 Å². The number of carbonyl (C=O) groups excluding carboxylic acids is 1. The highest BCUT2D eigenvalue weighted by Crippen LogP contribution is 2.25. The van der Waals surface area contributed by atoms with Crippen LogP contribution in [0.5, 0.6) is 0 Å². The summed E-state index contributed by atoms with van der Waals surface area (Å²) >= 11 is 6.34. The van der Waals surface area contributed by atoms with Gasteiger partial charge < -0.3 is 10.6 Å². The molecular weight excluding hydrogens is 367 g/mol. The van der Waals surface area contributed by atoms with E-state index < -0.39 is 0 Å². The fourth-order valence-corrected chi connectivity index (χ4v) is 3.69. The molecule has 2 aromatic rings. The fourth-order valence-electron chi connectivity index (χ4n) is 3.48. The molecule has 1 aliphatic rings. The summed E-state index contributed by atoms with van der Waals surface area (Å²) in [6.07, 6.45) is 2.47. The van der Waals surface area contributed by atoms with E-state index in [1.165, 1.54) is 0 Å². The smallest absolute Gasteiger partial charge is 0.223 e. The minimum absolute atomic E-state index is 0. The van der Waals surface area contributed by atoms with Gasteiger partial charge in [0.25, 0.3) is 0 Å². The van der Waals surface area contributed by atoms with Crippen molar-refractivity contribution in [2.24, 2.45) is 5.92 Å². The van der Waals surface area contributed by atoms with Gasteiger partial charge in [-0.3, -0.25) is 4.79 Å². The third-order valence-electron chi connectivity index (χ3n) is 4.89. The van der Waals surface area contributed by atoms with Crippen LogP contribution < -0.4 is 10.6 Å². The molecule has 2 N–H and O–H groups in total. The summed E-state index contributed by atoms with van der Waals surface area (Å²) < 4.78 is 0. The molecule has 3 nitrogen and oxygen atoms in total. The predicted octanol–water partition coefficient (Wildman–Crippen LogP) is 4.55. The van der Waals surface area contributed by atoms with E-state index in [-0.39, 0.29) is 30.3 Å². The average Bonchev–Trinajstić information content (AvgIpc) is 2.63. The van der Waals surface area contributed by atoms with Gasteiger partial charge in [0.15, 0.2) is 0 Å². The van der Waals surface area contributed by atoms with Crippen molar-refractivity contribution in [3.63, 3.8) is 0 Å². The molecule has 0 radical (unpaired) electrons. The second-order valence-electron chi connectivity index (χ2n) is 6.84. The summed E-state index contributed by atoms with van der Waals surface area (Å²) in [6, 6.07) is 18.3. The van der Waals surface area contributed by atoms with E-state index in [1.54, 1.807) is 0 Å². The van der Waals surface area contributed by atoms with E-state index in [2.05, 4.69) is 29.7 Å². The molecule has 140 valence electrons. The Morgan fingerprint density at radius 1 is 1.19 bits per heavy atom. The van der Waals surface area contributed by atoms with Crippen molar-refractivity contribution in [1.29, 1.82) is 0 Å². The summed E-state index contributed by atoms with van der Waals surface area (Å²) in [5, 5.41) is 7.42. The van der Waals surface area contributed by atoms with Crippen molar-refractivity contribution in [3.05, 3.63) is 70.7 Å². The average molecular weight is 393 g/mol. The molecule has 1 fully saturated rings. The molecule has 0 saturated carbocycles. The van der Waals surface area contributed by atoms with Crippen LogP contribution in [0.3, 0.4) is 0 Å². The first-order chi connectivity index (χ1) is 12.1. The van der Waals surface area contributed by atoms with Crippen molar-refractivity contribution in [3.8, 4) is 0 Å². The van der Waals surface area contributed by atoms with Gasteiger partial charge in [-0.25, -0.2) is 0 Å². The second kappa shape index (κ2) is 9.96. The van der Waals surface area contributed by atoms with Crippen molar-refractivity contribution < 1.29 is 4.79 Å². The van der Waals surface area contributed by atoms with E-state index in [0.717, 1.165) is 35.5 Å². The van der Waals surface area contributed by atoms with Gasteiger partial charge in [-0.15, -0.1) is 12.4 Å². The van der Waals surface area contributed by atoms with Gasteiger partial charge in [-0.1, -0.05) is 60.1 Å². The Morgan fingerprint density at radius 2 is 1.88 bits per heavy atom. The molecule has 1 aliphatic heterocycles. The molecule has 0 spiro atoms. The molecular formula is C21H26Cl2N2O. The number of nitrogens with one attached hydrogen (secondary N) is 2. The Balaban J connectivity index is 0.00000243. The van der Waals surface area contributed by atoms with Crippen molar-refractivity contribution in [2.45, 2.75) is 38.3 Å². The monoisotopic (exact) mass is 392 g/mol. The van der Waals surface area contributed by atoms with Gasteiger partial charge in [0.05, 0.1) is 6.04 Å². The minimum atomic E-state index is -0.0706. The lowest BCUT2D eigenvalue weighted by Crippen LogP contribution is -2.43. The van der Waals surface area contributed by atoms with Gasteiger partial charge >= 0.3 is 0 Å². The fraction of sp³-hybridized carbons (Fsp3) is 0.381. The number of halogens is 2. The maximum atomic E-state index is 12.8. The van der Waals surface area contributed by atoms with Crippen LogP contribution in [0.25, 0.3) is 0 Å². The molecule has 3 atom stereocenters. The van der Waals surface area contributed by atoms with Gasteiger partial charge in [-0.2, -0.15) is 0 Å². The first-order valence-corrected chi connectivity index (χ1v) is 9.33. The highest BCUT2D eigenvalue weighted by atomic mass is 35.5. The van der Waals surface area contributed by atoms with Crippen LogP contribution in [0.1, 0.15) is 36.9 Å². The SMILES string of the molecule is C[C@H]1C[C@@H](C(=O)NC(Cc2ccccc2Cl)c2ccccc2)CCN1.Cl. The lowest BCUT2D eigenvalue weighted by Gasteiger charge is -2.29. The molecule has 1 saturated heterocycles. The van der Waals surface area contributed by atoms with Gasteiger partial charge in [0.1, 0.15) is 0 Å². The number of rotatable bonds is 5. The van der Waals surface area contributed by atoms with Crippen LogP contribution in [0.4, 0.5) is 0 Å². The highest BCUT2D eigenvalue weighted by Gasteiger charge is 2.27. The molecule has 1 heterocycles. The summed E-state index contributed by atoms with van der Waals surface area (Å²) in [5.41, 5.74) is 2.16. The van der Waals surface area contributed by atoms with Crippen LogP contribution in [-0.2, 0) is 11.2 Å². The van der Waals surface area contributed by atoms with E-state index in [9.17, 15) is 4.79 Å². The van der Waals surface area contributed by atoms with Crippen LogP contribution in [-0.4, -0.2) is 18.5 Å². The number of hydrogen-bond acceptors (Lipinski definition) is 2. The zero-order valence-corrected chi connectivity index (χ0v) is 16.5. The standard InChI is InChI=1S/C21H25ClN2O.ClH/c1-15-13-18(11-12-23-15)21(25)24-20(16-7-3-2-4-8-16)14-17-9-5-6-10-19(17)22;/h2-10,15,18,20,23H,11-14H2,1H3,(H,24,25);1H/t15-,18-,20?;/m0./s1. The zero-order chi connectivity index (χ0) is 17.6. The van der Waals surface area contributed by atoms with Crippen LogP contribution in [0.2, 0.25) is 5.02 Å². The molecule has 0 bridgehead atoms. The maximum absolute atomic E-state index is 12.8. The van der Waals surface area contributed by atoms with Crippen LogP contribution >= 0.6 is 24.0 Å². The van der Waals surface area contributed by atoms with Gasteiger partial charge in [0.2, 0.25) is 5.91 Å². The number of amides is 1. The summed E-state index contributed by atoms with van der Waals surface area (Å²) in [4.78, 5) is 12.8. The molecule has 1 amide bonds. The molecule has 0 aliphatic carbocycles. The number of piperidine rings is 1. The van der Waals surface area contributed by atoms with Crippen molar-refractivity contribution >= 4 is 29.9 Å². The number of carbonyl (C=O) groups is 1. The minimum Gasteiger partial charge on any atom is -0.349 e.